The van der Waals surface area contributed by atoms with Gasteiger partial charge in [-0.15, -0.1) is 11.8 Å². The molecule has 5 heteroatoms. The van der Waals surface area contributed by atoms with Gasteiger partial charge in [-0.25, -0.2) is 0 Å². The molecule has 0 spiro atoms. The van der Waals surface area contributed by atoms with Crippen LogP contribution in [0.2, 0.25) is 0 Å². The lowest BCUT2D eigenvalue weighted by molar-refractivity contribution is -0.113. The van der Waals surface area contributed by atoms with Crippen LogP contribution >= 0.6 is 11.8 Å². The molecule has 2 N–H and O–H groups in total. The van der Waals surface area contributed by atoms with Crippen molar-refractivity contribution < 1.29 is 9.59 Å². The minimum atomic E-state index is -0.102. The fraction of sp³-hybridized carbons (Fsp3) is 0.391. The minimum absolute atomic E-state index is 0.0866. The summed E-state index contributed by atoms with van der Waals surface area (Å²) >= 11 is 1.58. The van der Waals surface area contributed by atoms with Gasteiger partial charge in [-0.1, -0.05) is 55.7 Å². The minimum Gasteiger partial charge on any atom is -0.349 e. The predicted molar refractivity (Wildman–Crippen MR) is 117 cm³/mol. The number of thioether (sulfide) groups is 1. The molecule has 2 amide bonds. The summed E-state index contributed by atoms with van der Waals surface area (Å²) in [5.41, 5.74) is 3.59. The Morgan fingerprint density at radius 3 is 2.50 bits per heavy atom. The van der Waals surface area contributed by atoms with Crippen LogP contribution < -0.4 is 10.6 Å². The zero-order valence-corrected chi connectivity index (χ0v) is 17.2. The number of aryl methyl sites for hydroxylation is 1. The van der Waals surface area contributed by atoms with Crippen LogP contribution in [0.25, 0.3) is 0 Å². The Morgan fingerprint density at radius 1 is 1.00 bits per heavy atom. The van der Waals surface area contributed by atoms with Crippen molar-refractivity contribution in [1.29, 1.82) is 0 Å². The lowest BCUT2D eigenvalue weighted by Crippen LogP contribution is -2.36. The van der Waals surface area contributed by atoms with E-state index in [1.807, 2.05) is 24.3 Å². The molecule has 2 aromatic rings. The molecule has 1 aliphatic carbocycles. The molecular formula is C23H28N2O2S. The maximum atomic E-state index is 12.7. The molecule has 0 saturated heterocycles. The van der Waals surface area contributed by atoms with E-state index in [1.54, 1.807) is 23.9 Å². The summed E-state index contributed by atoms with van der Waals surface area (Å²) in [5, 5.41) is 6.03. The van der Waals surface area contributed by atoms with Crippen LogP contribution in [-0.2, 0) is 10.5 Å². The molecule has 4 nitrogen and oxygen atoms in total. The highest BCUT2D eigenvalue weighted by Crippen LogP contribution is 2.21. The number of carbonyl (C=O) groups excluding carboxylic acids is 2. The smallest absolute Gasteiger partial charge is 0.253 e. The van der Waals surface area contributed by atoms with Crippen LogP contribution in [0.1, 0.15) is 53.6 Å². The van der Waals surface area contributed by atoms with E-state index in [2.05, 4.69) is 29.7 Å². The fourth-order valence-electron chi connectivity index (χ4n) is 3.51. The first-order valence-electron chi connectivity index (χ1n) is 9.95. The third kappa shape index (κ3) is 5.86. The van der Waals surface area contributed by atoms with Gasteiger partial charge in [0.25, 0.3) is 5.91 Å². The molecular weight excluding hydrogens is 368 g/mol. The Labute approximate surface area is 171 Å². The summed E-state index contributed by atoms with van der Waals surface area (Å²) in [6.45, 7) is 2.08. The normalized spacial score (nSPS) is 14.5. The predicted octanol–water partition coefficient (Wildman–Crippen LogP) is 4.93. The van der Waals surface area contributed by atoms with Crippen molar-refractivity contribution in [3.8, 4) is 0 Å². The number of nitrogens with one attached hydrogen (secondary N) is 2. The number of hydrogen-bond donors (Lipinski definition) is 2. The molecule has 1 saturated carbocycles. The highest BCUT2D eigenvalue weighted by atomic mass is 32.2. The van der Waals surface area contributed by atoms with E-state index < -0.39 is 0 Å². The summed E-state index contributed by atoms with van der Waals surface area (Å²) in [6, 6.07) is 15.7. The van der Waals surface area contributed by atoms with Gasteiger partial charge in [0.2, 0.25) is 5.91 Å². The standard InChI is InChI=1S/C23H28N2O2S/c1-17-9-5-6-10-18(17)15-28-16-22(26)25-21-14-8-7-13-20(21)23(27)24-19-11-3-2-4-12-19/h5-10,13-14,19H,2-4,11-12,15-16H2,1H3,(H,24,27)(H,25,26). The van der Waals surface area contributed by atoms with Crippen molar-refractivity contribution in [3.63, 3.8) is 0 Å². The zero-order valence-electron chi connectivity index (χ0n) is 16.4. The Bertz CT molecular complexity index is 816. The Kier molecular flexibility index (Phi) is 7.54. The summed E-state index contributed by atoms with van der Waals surface area (Å²) in [4.78, 5) is 25.1. The van der Waals surface area contributed by atoms with Gasteiger partial charge in [0.15, 0.2) is 0 Å². The SMILES string of the molecule is Cc1ccccc1CSCC(=O)Nc1ccccc1C(=O)NC1CCCCC1. The van der Waals surface area contributed by atoms with Crippen LogP contribution in [0.5, 0.6) is 0 Å². The number of amides is 2. The molecule has 1 aliphatic rings. The lowest BCUT2D eigenvalue weighted by Gasteiger charge is -2.23. The van der Waals surface area contributed by atoms with Gasteiger partial charge in [-0.3, -0.25) is 9.59 Å². The second-order valence-corrected chi connectivity index (χ2v) is 8.31. The molecule has 0 aliphatic heterocycles. The number of anilines is 1. The molecule has 148 valence electrons. The van der Waals surface area contributed by atoms with E-state index in [-0.39, 0.29) is 17.9 Å². The molecule has 3 rings (SSSR count). The first-order chi connectivity index (χ1) is 13.6. The maximum Gasteiger partial charge on any atom is 0.253 e. The third-order valence-electron chi connectivity index (χ3n) is 5.14. The van der Waals surface area contributed by atoms with Crippen molar-refractivity contribution >= 4 is 29.3 Å². The first kappa shape index (κ1) is 20.5. The van der Waals surface area contributed by atoms with Crippen molar-refractivity contribution in [2.75, 3.05) is 11.1 Å². The van der Waals surface area contributed by atoms with Crippen LogP contribution in [0, 0.1) is 6.92 Å². The molecule has 0 bridgehead atoms. The molecule has 2 aromatic carbocycles. The van der Waals surface area contributed by atoms with Gasteiger partial charge >= 0.3 is 0 Å². The summed E-state index contributed by atoms with van der Waals surface area (Å²) < 4.78 is 0. The first-order valence-corrected chi connectivity index (χ1v) is 11.1. The molecule has 0 unspecified atom stereocenters. The highest BCUT2D eigenvalue weighted by molar-refractivity contribution is 7.99. The van der Waals surface area contributed by atoms with Gasteiger partial charge in [-0.05, 0) is 43.0 Å². The van der Waals surface area contributed by atoms with Crippen molar-refractivity contribution in [3.05, 3.63) is 65.2 Å². The second kappa shape index (κ2) is 10.3. The van der Waals surface area contributed by atoms with E-state index in [1.165, 1.54) is 30.4 Å². The van der Waals surface area contributed by atoms with Crippen molar-refractivity contribution in [2.45, 2.75) is 50.8 Å². The number of benzene rings is 2. The number of rotatable bonds is 7. The summed E-state index contributed by atoms with van der Waals surface area (Å²) in [7, 11) is 0. The third-order valence-corrected chi connectivity index (χ3v) is 6.12. The van der Waals surface area contributed by atoms with E-state index in [4.69, 9.17) is 0 Å². The van der Waals surface area contributed by atoms with Crippen LogP contribution in [0.3, 0.4) is 0 Å². The fourth-order valence-corrected chi connectivity index (χ4v) is 4.42. The van der Waals surface area contributed by atoms with E-state index >= 15 is 0 Å². The second-order valence-electron chi connectivity index (χ2n) is 7.32. The Morgan fingerprint density at radius 2 is 1.71 bits per heavy atom. The largest absolute Gasteiger partial charge is 0.349 e. The molecule has 0 radical (unpaired) electrons. The van der Waals surface area contributed by atoms with Crippen molar-refractivity contribution in [2.24, 2.45) is 0 Å². The topological polar surface area (TPSA) is 58.2 Å². The highest BCUT2D eigenvalue weighted by Gasteiger charge is 2.19. The number of hydrogen-bond acceptors (Lipinski definition) is 3. The maximum absolute atomic E-state index is 12.7. The molecule has 0 heterocycles. The Balaban J connectivity index is 1.54. The van der Waals surface area contributed by atoms with Crippen LogP contribution in [-0.4, -0.2) is 23.6 Å². The number of para-hydroxylation sites is 1. The summed E-state index contributed by atoms with van der Waals surface area (Å²) in [6.07, 6.45) is 5.66. The Hall–Kier alpha value is -2.27. The zero-order chi connectivity index (χ0) is 19.8. The van der Waals surface area contributed by atoms with E-state index in [0.29, 0.717) is 17.0 Å². The quantitative estimate of drug-likeness (QED) is 0.698. The van der Waals surface area contributed by atoms with Gasteiger partial charge in [0.05, 0.1) is 17.0 Å². The molecule has 0 aromatic heterocycles. The van der Waals surface area contributed by atoms with E-state index in [9.17, 15) is 9.59 Å². The van der Waals surface area contributed by atoms with E-state index in [0.717, 1.165) is 18.6 Å². The van der Waals surface area contributed by atoms with Crippen molar-refractivity contribution in [1.82, 2.24) is 5.32 Å². The van der Waals surface area contributed by atoms with Crippen LogP contribution in [0.15, 0.2) is 48.5 Å². The monoisotopic (exact) mass is 396 g/mol. The van der Waals surface area contributed by atoms with Crippen LogP contribution in [0.4, 0.5) is 5.69 Å². The van der Waals surface area contributed by atoms with Gasteiger partial charge in [-0.2, -0.15) is 0 Å². The average Bonchev–Trinajstić information content (AvgIpc) is 2.70. The average molecular weight is 397 g/mol. The summed E-state index contributed by atoms with van der Waals surface area (Å²) in [5.74, 6) is 0.962. The number of carbonyl (C=O) groups is 2. The van der Waals surface area contributed by atoms with Gasteiger partial charge in [0, 0.05) is 11.8 Å². The molecule has 1 fully saturated rings. The van der Waals surface area contributed by atoms with Gasteiger partial charge in [0.1, 0.15) is 0 Å². The van der Waals surface area contributed by atoms with Gasteiger partial charge < -0.3 is 10.6 Å². The molecule has 0 atom stereocenters. The molecule has 28 heavy (non-hydrogen) atoms. The lowest BCUT2D eigenvalue weighted by atomic mass is 9.95.